The van der Waals surface area contributed by atoms with Gasteiger partial charge in [-0.25, -0.2) is 9.97 Å². The topological polar surface area (TPSA) is 132 Å². The molecule has 0 fully saturated rings. The number of nitrogens with zero attached hydrogens (tertiary/aromatic N) is 5. The molecule has 11 nitrogen and oxygen atoms in total. The summed E-state index contributed by atoms with van der Waals surface area (Å²) in [5.41, 5.74) is 1.27. The zero-order chi connectivity index (χ0) is 24.1. The van der Waals surface area contributed by atoms with Crippen LogP contribution < -0.4 is 15.4 Å². The first-order valence-corrected chi connectivity index (χ1v) is 11.2. The highest BCUT2D eigenvalue weighted by molar-refractivity contribution is 6.13. The summed E-state index contributed by atoms with van der Waals surface area (Å²) < 4.78 is 5.85. The Bertz CT molecular complexity index is 1080. The minimum absolute atomic E-state index is 0.173. The molecule has 11 heteroatoms. The molecule has 1 aromatic heterocycles. The molecule has 4 rings (SSSR count). The van der Waals surface area contributed by atoms with Gasteiger partial charge in [-0.1, -0.05) is 6.07 Å². The SMILES string of the molecule is CN1CCNc2ncnc3c2C(C=Nc2cccc(c2)OCCCN(C)[C@H](CO)C1=O)C(=O)N3. The van der Waals surface area contributed by atoms with E-state index >= 15 is 0 Å². The number of carbonyl (C=O) groups is 2. The number of aliphatic imine (C=N–C) groups is 1. The molecule has 3 heterocycles. The van der Waals surface area contributed by atoms with Gasteiger partial charge >= 0.3 is 0 Å². The van der Waals surface area contributed by atoms with Gasteiger partial charge in [-0.15, -0.1) is 0 Å². The minimum Gasteiger partial charge on any atom is -0.493 e. The molecule has 2 aliphatic heterocycles. The van der Waals surface area contributed by atoms with Crippen molar-refractivity contribution in [1.29, 1.82) is 0 Å². The molecule has 1 unspecified atom stereocenters. The highest BCUT2D eigenvalue weighted by Gasteiger charge is 2.34. The van der Waals surface area contributed by atoms with Crippen LogP contribution in [0.1, 0.15) is 17.9 Å². The average molecular weight is 468 g/mol. The van der Waals surface area contributed by atoms with Crippen molar-refractivity contribution in [2.45, 2.75) is 18.4 Å². The molecule has 0 spiro atoms. The van der Waals surface area contributed by atoms with E-state index in [2.05, 4.69) is 25.6 Å². The lowest BCUT2D eigenvalue weighted by molar-refractivity contribution is -0.136. The van der Waals surface area contributed by atoms with E-state index in [0.717, 1.165) is 0 Å². The van der Waals surface area contributed by atoms with Gasteiger partial charge in [-0.05, 0) is 25.6 Å². The van der Waals surface area contributed by atoms with Crippen LogP contribution in [0.5, 0.6) is 5.75 Å². The normalized spacial score (nSPS) is 22.0. The molecule has 1 aromatic carbocycles. The Kier molecular flexibility index (Phi) is 7.33. The highest BCUT2D eigenvalue weighted by Crippen LogP contribution is 2.34. The van der Waals surface area contributed by atoms with Crippen molar-refractivity contribution in [3.05, 3.63) is 36.2 Å². The largest absolute Gasteiger partial charge is 0.493 e. The zero-order valence-electron chi connectivity index (χ0n) is 19.3. The fourth-order valence-corrected chi connectivity index (χ4v) is 3.99. The van der Waals surface area contributed by atoms with Crippen LogP contribution >= 0.6 is 0 Å². The second-order valence-corrected chi connectivity index (χ2v) is 8.29. The lowest BCUT2D eigenvalue weighted by Crippen LogP contribution is -2.49. The van der Waals surface area contributed by atoms with E-state index in [-0.39, 0.29) is 18.4 Å². The zero-order valence-corrected chi connectivity index (χ0v) is 19.3. The summed E-state index contributed by atoms with van der Waals surface area (Å²) in [6, 6.07) is 6.68. The molecule has 2 aromatic rings. The van der Waals surface area contributed by atoms with Gasteiger partial charge in [0.1, 0.15) is 35.7 Å². The molecule has 0 saturated heterocycles. The first kappa shape index (κ1) is 23.6. The van der Waals surface area contributed by atoms with Gasteiger partial charge in [0.2, 0.25) is 11.8 Å². The van der Waals surface area contributed by atoms with Crippen molar-refractivity contribution >= 4 is 35.4 Å². The molecule has 2 amide bonds. The standard InChI is InChI=1S/C23H29N7O4/c1-29-8-4-10-34-16-6-3-5-15(11-16)25-12-17-19-20(26-14-27-21(19)28-22(17)32)24-7-9-30(2)23(33)18(29)13-31/h3,5-6,11-12,14,17-18,31H,4,7-10,13H2,1-2H3,(H2,24,26,27,28,32)/t17?,18-/m1/s1. The van der Waals surface area contributed by atoms with Crippen molar-refractivity contribution in [3.63, 3.8) is 0 Å². The number of aliphatic hydroxyl groups is 1. The number of ether oxygens (including phenoxy) is 1. The molecule has 180 valence electrons. The third-order valence-corrected chi connectivity index (χ3v) is 5.94. The van der Waals surface area contributed by atoms with Crippen LogP contribution in [0.4, 0.5) is 17.3 Å². The summed E-state index contributed by atoms with van der Waals surface area (Å²) in [7, 11) is 3.51. The van der Waals surface area contributed by atoms with Crippen molar-refractivity contribution in [2.75, 3.05) is 57.6 Å². The van der Waals surface area contributed by atoms with Crippen LogP contribution in [0, 0.1) is 0 Å². The number of hydrogen-bond donors (Lipinski definition) is 3. The molecular formula is C23H29N7O4. The Morgan fingerprint density at radius 3 is 2.82 bits per heavy atom. The number of anilines is 2. The van der Waals surface area contributed by atoms with Gasteiger partial charge in [0, 0.05) is 39.0 Å². The van der Waals surface area contributed by atoms with Crippen molar-refractivity contribution < 1.29 is 19.4 Å². The van der Waals surface area contributed by atoms with Gasteiger partial charge in [-0.3, -0.25) is 19.5 Å². The maximum Gasteiger partial charge on any atom is 0.242 e. The first-order valence-electron chi connectivity index (χ1n) is 11.2. The Morgan fingerprint density at radius 2 is 2.00 bits per heavy atom. The number of hydrogen-bond acceptors (Lipinski definition) is 9. The third kappa shape index (κ3) is 5.15. The maximum atomic E-state index is 12.9. The second-order valence-electron chi connectivity index (χ2n) is 8.29. The Balaban J connectivity index is 1.63. The lowest BCUT2D eigenvalue weighted by Gasteiger charge is -2.29. The summed E-state index contributed by atoms with van der Waals surface area (Å²) in [6.45, 7) is 1.55. The van der Waals surface area contributed by atoms with Gasteiger partial charge in [-0.2, -0.15) is 0 Å². The van der Waals surface area contributed by atoms with Gasteiger partial charge in [0.15, 0.2) is 0 Å². The van der Waals surface area contributed by atoms with Crippen molar-refractivity contribution in [2.24, 2.45) is 4.99 Å². The monoisotopic (exact) mass is 467 g/mol. The molecule has 0 saturated carbocycles. The number of carbonyl (C=O) groups excluding carboxylic acids is 2. The fourth-order valence-electron chi connectivity index (χ4n) is 3.99. The molecule has 2 bridgehead atoms. The third-order valence-electron chi connectivity index (χ3n) is 5.94. The number of rotatable bonds is 1. The van der Waals surface area contributed by atoms with E-state index in [0.29, 0.717) is 61.3 Å². The maximum absolute atomic E-state index is 12.9. The van der Waals surface area contributed by atoms with Crippen LogP contribution in [0.2, 0.25) is 0 Å². The number of nitrogens with one attached hydrogen (secondary N) is 2. The molecule has 2 atom stereocenters. The predicted molar refractivity (Wildman–Crippen MR) is 128 cm³/mol. The van der Waals surface area contributed by atoms with Gasteiger partial charge in [0.25, 0.3) is 0 Å². The molecule has 3 N–H and O–H groups in total. The van der Waals surface area contributed by atoms with E-state index in [1.807, 2.05) is 30.1 Å². The van der Waals surface area contributed by atoms with Crippen LogP contribution in [-0.2, 0) is 9.59 Å². The smallest absolute Gasteiger partial charge is 0.242 e. The van der Waals surface area contributed by atoms with Crippen LogP contribution in [0.15, 0.2) is 35.6 Å². The average Bonchev–Trinajstić information content (AvgIpc) is 3.16. The summed E-state index contributed by atoms with van der Waals surface area (Å²) in [6.07, 6.45) is 3.64. The van der Waals surface area contributed by atoms with E-state index in [4.69, 9.17) is 4.74 Å². The van der Waals surface area contributed by atoms with Gasteiger partial charge in [0.05, 0.1) is 24.5 Å². The fraction of sp³-hybridized carbons (Fsp3) is 0.435. The summed E-state index contributed by atoms with van der Waals surface area (Å²) >= 11 is 0. The molecular weight excluding hydrogens is 438 g/mol. The number of aliphatic hydroxyl groups excluding tert-OH is 1. The summed E-state index contributed by atoms with van der Waals surface area (Å²) in [5.74, 6) is 0.540. The van der Waals surface area contributed by atoms with Crippen LogP contribution in [-0.4, -0.2) is 95.9 Å². The van der Waals surface area contributed by atoms with Gasteiger partial charge < -0.3 is 25.4 Å². The Hall–Kier alpha value is -3.57. The number of amides is 2. The van der Waals surface area contributed by atoms with Crippen molar-refractivity contribution in [1.82, 2.24) is 19.8 Å². The molecule has 0 aliphatic carbocycles. The van der Waals surface area contributed by atoms with E-state index in [1.54, 1.807) is 24.2 Å². The predicted octanol–water partition coefficient (Wildman–Crippen LogP) is 0.860. The summed E-state index contributed by atoms with van der Waals surface area (Å²) in [4.78, 5) is 42.0. The van der Waals surface area contributed by atoms with E-state index in [1.165, 1.54) is 6.33 Å². The van der Waals surface area contributed by atoms with E-state index < -0.39 is 12.0 Å². The van der Waals surface area contributed by atoms with Crippen LogP contribution in [0.25, 0.3) is 0 Å². The van der Waals surface area contributed by atoms with Crippen LogP contribution in [0.3, 0.4) is 0 Å². The number of likely N-dealkylation sites (N-methyl/N-ethyl adjacent to an activating group) is 2. The first-order chi connectivity index (χ1) is 16.5. The quantitative estimate of drug-likeness (QED) is 0.563. The number of benzene rings is 1. The minimum atomic E-state index is -0.655. The molecule has 34 heavy (non-hydrogen) atoms. The number of fused-ring (bicyclic) bond motifs is 2. The molecule has 2 aliphatic rings. The van der Waals surface area contributed by atoms with E-state index in [9.17, 15) is 14.7 Å². The second kappa shape index (κ2) is 10.6. The van der Waals surface area contributed by atoms with Crippen molar-refractivity contribution in [3.8, 4) is 5.75 Å². The highest BCUT2D eigenvalue weighted by atomic mass is 16.5. The lowest BCUT2D eigenvalue weighted by atomic mass is 10.0. The Morgan fingerprint density at radius 1 is 1.18 bits per heavy atom. The summed E-state index contributed by atoms with van der Waals surface area (Å²) in [5, 5.41) is 15.8. The number of aromatic nitrogens is 2. The Labute approximate surface area is 197 Å². The molecule has 0 radical (unpaired) electrons.